The lowest BCUT2D eigenvalue weighted by atomic mass is 9.90. The van der Waals surface area contributed by atoms with Crippen molar-refractivity contribution < 1.29 is 4.74 Å². The van der Waals surface area contributed by atoms with Gasteiger partial charge in [0.15, 0.2) is 0 Å². The van der Waals surface area contributed by atoms with Crippen LogP contribution in [-0.2, 0) is 0 Å². The first kappa shape index (κ1) is 14.9. The maximum Gasteiger partial charge on any atom is 0.122 e. The van der Waals surface area contributed by atoms with Crippen molar-refractivity contribution in [1.82, 2.24) is 10.2 Å². The van der Waals surface area contributed by atoms with Crippen molar-refractivity contribution >= 4 is 0 Å². The van der Waals surface area contributed by atoms with Crippen molar-refractivity contribution in [2.75, 3.05) is 26.2 Å². The highest BCUT2D eigenvalue weighted by molar-refractivity contribution is 5.39. The van der Waals surface area contributed by atoms with Gasteiger partial charge < -0.3 is 10.1 Å². The first-order valence-electron chi connectivity index (χ1n) is 8.17. The van der Waals surface area contributed by atoms with Gasteiger partial charge in [0.05, 0.1) is 6.61 Å². The minimum Gasteiger partial charge on any atom is -0.493 e. The van der Waals surface area contributed by atoms with Crippen molar-refractivity contribution in [3.63, 3.8) is 0 Å². The zero-order valence-corrected chi connectivity index (χ0v) is 13.7. The van der Waals surface area contributed by atoms with E-state index in [1.165, 1.54) is 5.56 Å². The second-order valence-corrected chi connectivity index (χ2v) is 7.49. The summed E-state index contributed by atoms with van der Waals surface area (Å²) < 4.78 is 5.85. The summed E-state index contributed by atoms with van der Waals surface area (Å²) in [6.45, 7) is 13.4. The Labute approximate surface area is 128 Å². The average molecular weight is 288 g/mol. The number of rotatable bonds is 3. The highest BCUT2D eigenvalue weighted by Crippen LogP contribution is 2.35. The van der Waals surface area contributed by atoms with E-state index in [1.807, 2.05) is 0 Å². The fourth-order valence-electron chi connectivity index (χ4n) is 3.46. The van der Waals surface area contributed by atoms with E-state index in [-0.39, 0.29) is 5.54 Å². The van der Waals surface area contributed by atoms with Crippen LogP contribution in [0, 0.1) is 5.92 Å². The van der Waals surface area contributed by atoms with Crippen LogP contribution in [-0.4, -0.2) is 42.7 Å². The number of piperazine rings is 1. The van der Waals surface area contributed by atoms with Gasteiger partial charge in [-0.2, -0.15) is 0 Å². The molecule has 0 aliphatic carbocycles. The summed E-state index contributed by atoms with van der Waals surface area (Å²) in [5, 5.41) is 3.71. The van der Waals surface area contributed by atoms with Crippen molar-refractivity contribution in [3.8, 4) is 5.75 Å². The second kappa shape index (κ2) is 5.62. The minimum absolute atomic E-state index is 0.211. The van der Waals surface area contributed by atoms with Crippen LogP contribution in [0.2, 0.25) is 0 Å². The second-order valence-electron chi connectivity index (χ2n) is 7.49. The number of ether oxygens (including phenoxy) is 1. The molecule has 0 spiro atoms. The Morgan fingerprint density at radius 1 is 1.33 bits per heavy atom. The number of fused-ring (bicyclic) bond motifs is 1. The summed E-state index contributed by atoms with van der Waals surface area (Å²) in [6, 6.07) is 9.10. The van der Waals surface area contributed by atoms with Gasteiger partial charge >= 0.3 is 0 Å². The van der Waals surface area contributed by atoms with Gasteiger partial charge in [-0.25, -0.2) is 0 Å². The van der Waals surface area contributed by atoms with Gasteiger partial charge in [-0.05, 0) is 25.8 Å². The monoisotopic (exact) mass is 288 g/mol. The molecule has 21 heavy (non-hydrogen) atoms. The van der Waals surface area contributed by atoms with Gasteiger partial charge in [0.25, 0.3) is 0 Å². The quantitative estimate of drug-likeness (QED) is 0.925. The standard InChI is InChI=1S/C18H28N2O/c1-13(2)16-10-20(18(3,4)12-19-16)9-14-11-21-17-8-6-5-7-15(14)17/h5-8,13-14,16,19H,9-12H2,1-4H3. The predicted molar refractivity (Wildman–Crippen MR) is 87.0 cm³/mol. The molecule has 0 aromatic heterocycles. The predicted octanol–water partition coefficient (Wildman–Crippen LogP) is 2.87. The Kier molecular flexibility index (Phi) is 3.98. The third-order valence-electron chi connectivity index (χ3n) is 5.11. The molecule has 0 saturated carbocycles. The summed E-state index contributed by atoms with van der Waals surface area (Å²) in [4.78, 5) is 2.66. The Bertz CT molecular complexity index is 498. The molecule has 2 heterocycles. The number of hydrogen-bond donors (Lipinski definition) is 1. The largest absolute Gasteiger partial charge is 0.493 e. The Balaban J connectivity index is 1.74. The lowest BCUT2D eigenvalue weighted by Gasteiger charge is -2.48. The molecule has 3 nitrogen and oxygen atoms in total. The van der Waals surface area contributed by atoms with Gasteiger partial charge in [0.1, 0.15) is 5.75 Å². The Morgan fingerprint density at radius 2 is 2.10 bits per heavy atom. The fraction of sp³-hybridized carbons (Fsp3) is 0.667. The smallest absolute Gasteiger partial charge is 0.122 e. The van der Waals surface area contributed by atoms with Crippen molar-refractivity contribution in [2.45, 2.75) is 45.2 Å². The van der Waals surface area contributed by atoms with Crippen LogP contribution >= 0.6 is 0 Å². The highest BCUT2D eigenvalue weighted by Gasteiger charge is 2.37. The molecule has 2 atom stereocenters. The van der Waals surface area contributed by atoms with Crippen LogP contribution in [0.25, 0.3) is 0 Å². The molecule has 1 aromatic carbocycles. The van der Waals surface area contributed by atoms with E-state index in [9.17, 15) is 0 Å². The molecule has 0 bridgehead atoms. The zero-order chi connectivity index (χ0) is 15.0. The SMILES string of the molecule is CC(C)C1CN(CC2COc3ccccc32)C(C)(C)CN1. The summed E-state index contributed by atoms with van der Waals surface area (Å²) in [5.74, 6) is 2.26. The van der Waals surface area contributed by atoms with E-state index >= 15 is 0 Å². The summed E-state index contributed by atoms with van der Waals surface area (Å²) in [6.07, 6.45) is 0. The van der Waals surface area contributed by atoms with E-state index < -0.39 is 0 Å². The van der Waals surface area contributed by atoms with Gasteiger partial charge in [-0.1, -0.05) is 32.0 Å². The highest BCUT2D eigenvalue weighted by atomic mass is 16.5. The molecule has 2 aliphatic rings. The maximum atomic E-state index is 5.85. The topological polar surface area (TPSA) is 24.5 Å². The first-order chi connectivity index (χ1) is 9.97. The Hall–Kier alpha value is -1.06. The molecule has 1 fully saturated rings. The van der Waals surface area contributed by atoms with E-state index in [0.717, 1.165) is 32.0 Å². The molecule has 3 rings (SSSR count). The molecule has 2 unspecified atom stereocenters. The first-order valence-corrected chi connectivity index (χ1v) is 8.17. The zero-order valence-electron chi connectivity index (χ0n) is 13.7. The van der Waals surface area contributed by atoms with E-state index in [2.05, 4.69) is 62.2 Å². The van der Waals surface area contributed by atoms with E-state index in [4.69, 9.17) is 4.74 Å². The van der Waals surface area contributed by atoms with E-state index in [1.54, 1.807) is 0 Å². The van der Waals surface area contributed by atoms with Gasteiger partial charge in [-0.3, -0.25) is 4.90 Å². The van der Waals surface area contributed by atoms with Crippen molar-refractivity contribution in [2.24, 2.45) is 5.92 Å². The van der Waals surface area contributed by atoms with Crippen LogP contribution in [0.1, 0.15) is 39.2 Å². The fourth-order valence-corrected chi connectivity index (χ4v) is 3.46. The van der Waals surface area contributed by atoms with Crippen LogP contribution in [0.5, 0.6) is 5.75 Å². The number of para-hydroxylation sites is 1. The number of benzene rings is 1. The molecule has 1 aromatic rings. The molecule has 3 heteroatoms. The third-order valence-corrected chi connectivity index (χ3v) is 5.11. The number of nitrogens with zero attached hydrogens (tertiary/aromatic N) is 1. The normalized spacial score (nSPS) is 28.4. The summed E-state index contributed by atoms with van der Waals surface area (Å²) in [5.41, 5.74) is 1.59. The van der Waals surface area contributed by atoms with Crippen LogP contribution in [0.15, 0.2) is 24.3 Å². The van der Waals surface area contributed by atoms with Crippen molar-refractivity contribution in [3.05, 3.63) is 29.8 Å². The Morgan fingerprint density at radius 3 is 2.86 bits per heavy atom. The van der Waals surface area contributed by atoms with Crippen LogP contribution in [0.3, 0.4) is 0 Å². The number of nitrogens with one attached hydrogen (secondary N) is 1. The van der Waals surface area contributed by atoms with Crippen LogP contribution < -0.4 is 10.1 Å². The minimum atomic E-state index is 0.211. The van der Waals surface area contributed by atoms with Gasteiger partial charge in [0.2, 0.25) is 0 Å². The van der Waals surface area contributed by atoms with E-state index in [0.29, 0.717) is 17.9 Å². The molecular formula is C18H28N2O. The maximum absolute atomic E-state index is 5.85. The molecule has 116 valence electrons. The van der Waals surface area contributed by atoms with Crippen LogP contribution in [0.4, 0.5) is 0 Å². The molecule has 1 N–H and O–H groups in total. The molecule has 0 radical (unpaired) electrons. The number of hydrogen-bond acceptors (Lipinski definition) is 3. The van der Waals surface area contributed by atoms with Crippen molar-refractivity contribution in [1.29, 1.82) is 0 Å². The lowest BCUT2D eigenvalue weighted by Crippen LogP contribution is -2.63. The van der Waals surface area contributed by atoms with Gasteiger partial charge in [0, 0.05) is 42.7 Å². The van der Waals surface area contributed by atoms with Gasteiger partial charge in [-0.15, -0.1) is 0 Å². The molecule has 1 saturated heterocycles. The molecule has 0 amide bonds. The molecular weight excluding hydrogens is 260 g/mol. The third kappa shape index (κ3) is 2.95. The summed E-state index contributed by atoms with van der Waals surface area (Å²) in [7, 11) is 0. The molecule has 2 aliphatic heterocycles. The summed E-state index contributed by atoms with van der Waals surface area (Å²) >= 11 is 0. The lowest BCUT2D eigenvalue weighted by molar-refractivity contribution is 0.0469. The average Bonchev–Trinajstić information content (AvgIpc) is 2.84.